The largest absolute Gasteiger partial charge is 0.481 e. The Morgan fingerprint density at radius 1 is 1.40 bits per heavy atom. The molecule has 0 aliphatic heterocycles. The highest BCUT2D eigenvalue weighted by Crippen LogP contribution is 2.33. The maximum absolute atomic E-state index is 11.7. The Hall–Kier alpha value is -1.25. The van der Waals surface area contributed by atoms with Gasteiger partial charge in [-0.15, -0.1) is 0 Å². The van der Waals surface area contributed by atoms with Gasteiger partial charge in [-0.1, -0.05) is 12.2 Å². The monoisotopic (exact) mass is 306 g/mol. The molecule has 1 aliphatic carbocycles. The third kappa shape index (κ3) is 6.27. The maximum atomic E-state index is 11.7. The Bertz CT molecular complexity index is 480. The van der Waals surface area contributed by atoms with Gasteiger partial charge in [0.1, 0.15) is 5.78 Å². The van der Waals surface area contributed by atoms with Crippen LogP contribution in [0.4, 0.5) is 0 Å². The first-order chi connectivity index (χ1) is 9.29. The fraction of sp³-hybridized carbons (Fsp3) is 0.667. The number of carbonyl (C=O) groups excluding carboxylic acids is 1. The highest BCUT2D eigenvalue weighted by atomic mass is 32.3. The first kappa shape index (κ1) is 16.8. The number of hydrogen-bond acceptors (Lipinski definition) is 5. The average Bonchev–Trinajstić information content (AvgIpc) is 2.63. The van der Waals surface area contributed by atoms with Crippen molar-refractivity contribution in [3.8, 4) is 0 Å². The van der Waals surface area contributed by atoms with Crippen molar-refractivity contribution >= 4 is 22.2 Å². The summed E-state index contributed by atoms with van der Waals surface area (Å²) in [5, 5.41) is 8.77. The van der Waals surface area contributed by atoms with E-state index >= 15 is 0 Å². The predicted octanol–water partition coefficient (Wildman–Crippen LogP) is 1.21. The number of Topliss-reactive ketones (excluding diaryl/α,β-unsaturated/α-hetero) is 1. The lowest BCUT2D eigenvalue weighted by Crippen LogP contribution is -2.17. The molecular weight excluding hydrogens is 288 g/mol. The summed E-state index contributed by atoms with van der Waals surface area (Å²) in [4.78, 5) is 22.3. The van der Waals surface area contributed by atoms with Gasteiger partial charge in [-0.05, 0) is 25.2 Å². The van der Waals surface area contributed by atoms with Gasteiger partial charge in [-0.25, -0.2) is 4.18 Å². The number of hydrogen-bond donors (Lipinski definition) is 2. The maximum Gasteiger partial charge on any atom is 0.397 e. The summed E-state index contributed by atoms with van der Waals surface area (Å²) >= 11 is 0. The van der Waals surface area contributed by atoms with Crippen molar-refractivity contribution in [3.63, 3.8) is 0 Å². The van der Waals surface area contributed by atoms with Crippen LogP contribution in [-0.2, 0) is 24.2 Å². The second-order valence-corrected chi connectivity index (χ2v) is 5.81. The number of ketones is 1. The van der Waals surface area contributed by atoms with Gasteiger partial charge in [0.05, 0.1) is 6.61 Å². The Morgan fingerprint density at radius 2 is 2.10 bits per heavy atom. The SMILES string of the molecule is O=C(O)CC1CCC(=O)C1CC=CCCOS(=O)(=O)O. The van der Waals surface area contributed by atoms with Crippen LogP contribution >= 0.6 is 0 Å². The van der Waals surface area contributed by atoms with Crippen LogP contribution in [0.1, 0.15) is 32.1 Å². The molecule has 0 heterocycles. The van der Waals surface area contributed by atoms with Crippen molar-refractivity contribution < 1.29 is 31.8 Å². The van der Waals surface area contributed by atoms with E-state index in [0.29, 0.717) is 19.3 Å². The van der Waals surface area contributed by atoms with E-state index in [-0.39, 0.29) is 37.1 Å². The third-order valence-electron chi connectivity index (χ3n) is 3.25. The predicted molar refractivity (Wildman–Crippen MR) is 69.3 cm³/mol. The number of rotatable bonds is 8. The highest BCUT2D eigenvalue weighted by molar-refractivity contribution is 7.80. The molecule has 1 rings (SSSR count). The van der Waals surface area contributed by atoms with Crippen LogP contribution in [0.5, 0.6) is 0 Å². The molecule has 1 saturated carbocycles. The van der Waals surface area contributed by atoms with Crippen LogP contribution in [-0.4, -0.2) is 36.4 Å². The van der Waals surface area contributed by atoms with Crippen LogP contribution in [0.2, 0.25) is 0 Å². The van der Waals surface area contributed by atoms with Gasteiger partial charge >= 0.3 is 16.4 Å². The average molecular weight is 306 g/mol. The standard InChI is InChI=1S/C12H18O7S/c13-11-6-5-9(8-12(14)15)10(11)4-2-1-3-7-19-20(16,17)18/h1-2,9-10H,3-8H2,(H,14,15)(H,16,17,18). The zero-order valence-electron chi connectivity index (χ0n) is 10.9. The Balaban J connectivity index is 2.35. The van der Waals surface area contributed by atoms with Crippen molar-refractivity contribution in [2.24, 2.45) is 11.8 Å². The molecule has 20 heavy (non-hydrogen) atoms. The fourth-order valence-corrected chi connectivity index (χ4v) is 2.66. The lowest BCUT2D eigenvalue weighted by molar-refractivity contribution is -0.138. The van der Waals surface area contributed by atoms with Crippen molar-refractivity contribution in [1.29, 1.82) is 0 Å². The van der Waals surface area contributed by atoms with Crippen molar-refractivity contribution in [2.75, 3.05) is 6.61 Å². The van der Waals surface area contributed by atoms with E-state index in [0.717, 1.165) is 0 Å². The smallest absolute Gasteiger partial charge is 0.397 e. The molecule has 2 atom stereocenters. The minimum Gasteiger partial charge on any atom is -0.481 e. The van der Waals surface area contributed by atoms with E-state index in [1.54, 1.807) is 12.2 Å². The number of carboxylic acids is 1. The van der Waals surface area contributed by atoms with E-state index in [9.17, 15) is 18.0 Å². The number of allylic oxidation sites excluding steroid dienone is 1. The molecule has 1 aliphatic rings. The molecule has 7 nitrogen and oxygen atoms in total. The molecule has 0 aromatic rings. The summed E-state index contributed by atoms with van der Waals surface area (Å²) in [5.74, 6) is -1.22. The van der Waals surface area contributed by atoms with Gasteiger partial charge < -0.3 is 5.11 Å². The molecule has 0 aromatic heterocycles. The van der Waals surface area contributed by atoms with Gasteiger partial charge in [0, 0.05) is 18.8 Å². The third-order valence-corrected chi connectivity index (χ3v) is 3.72. The van der Waals surface area contributed by atoms with Gasteiger partial charge in [0.25, 0.3) is 0 Å². The number of carboxylic acid groups (broad SMARTS) is 1. The van der Waals surface area contributed by atoms with E-state index < -0.39 is 16.4 Å². The normalized spacial score (nSPS) is 23.6. The van der Waals surface area contributed by atoms with Crippen LogP contribution in [0.25, 0.3) is 0 Å². The quantitative estimate of drug-likeness (QED) is 0.393. The minimum absolute atomic E-state index is 0.00386. The molecule has 0 aromatic carbocycles. The Kier molecular flexibility index (Phi) is 6.31. The molecule has 2 N–H and O–H groups in total. The van der Waals surface area contributed by atoms with Crippen LogP contribution in [0.3, 0.4) is 0 Å². The number of aliphatic carboxylic acids is 1. The summed E-state index contributed by atoms with van der Waals surface area (Å²) in [5.41, 5.74) is 0. The van der Waals surface area contributed by atoms with Gasteiger partial charge in [0.2, 0.25) is 0 Å². The Labute approximate surface area is 117 Å². The molecule has 0 saturated heterocycles. The van der Waals surface area contributed by atoms with E-state index in [2.05, 4.69) is 4.18 Å². The van der Waals surface area contributed by atoms with Gasteiger partial charge in [0.15, 0.2) is 0 Å². The van der Waals surface area contributed by atoms with Crippen LogP contribution in [0, 0.1) is 11.8 Å². The summed E-state index contributed by atoms with van der Waals surface area (Å²) in [6.45, 7) is -0.174. The molecule has 0 radical (unpaired) electrons. The lowest BCUT2D eigenvalue weighted by atomic mass is 9.89. The first-order valence-electron chi connectivity index (χ1n) is 6.31. The number of carbonyl (C=O) groups is 2. The molecule has 0 bridgehead atoms. The van der Waals surface area contributed by atoms with Crippen molar-refractivity contribution in [1.82, 2.24) is 0 Å². The van der Waals surface area contributed by atoms with Gasteiger partial charge in [-0.2, -0.15) is 8.42 Å². The van der Waals surface area contributed by atoms with E-state index in [1.807, 2.05) is 0 Å². The fourth-order valence-electron chi connectivity index (χ4n) is 2.35. The zero-order chi connectivity index (χ0) is 15.2. The molecule has 1 fully saturated rings. The first-order valence-corrected chi connectivity index (χ1v) is 7.67. The summed E-state index contributed by atoms with van der Waals surface area (Å²) in [7, 11) is -4.41. The molecule has 0 spiro atoms. The molecule has 8 heteroatoms. The molecule has 0 amide bonds. The van der Waals surface area contributed by atoms with E-state index in [1.165, 1.54) is 0 Å². The second kappa shape index (κ2) is 7.51. The van der Waals surface area contributed by atoms with Crippen LogP contribution < -0.4 is 0 Å². The Morgan fingerprint density at radius 3 is 2.70 bits per heavy atom. The second-order valence-electron chi connectivity index (χ2n) is 4.71. The summed E-state index contributed by atoms with van der Waals surface area (Å²) in [6.07, 6.45) is 5.12. The lowest BCUT2D eigenvalue weighted by Gasteiger charge is -2.14. The molecular formula is C12H18O7S. The minimum atomic E-state index is -4.41. The van der Waals surface area contributed by atoms with Gasteiger partial charge in [-0.3, -0.25) is 14.1 Å². The summed E-state index contributed by atoms with van der Waals surface area (Å²) < 4.78 is 33.0. The van der Waals surface area contributed by atoms with Crippen molar-refractivity contribution in [2.45, 2.75) is 32.1 Å². The van der Waals surface area contributed by atoms with Crippen LogP contribution in [0.15, 0.2) is 12.2 Å². The topological polar surface area (TPSA) is 118 Å². The van der Waals surface area contributed by atoms with Crippen molar-refractivity contribution in [3.05, 3.63) is 12.2 Å². The zero-order valence-corrected chi connectivity index (χ0v) is 11.7. The van der Waals surface area contributed by atoms with E-state index in [4.69, 9.17) is 9.66 Å². The summed E-state index contributed by atoms with van der Waals surface area (Å²) in [6, 6.07) is 0. The highest BCUT2D eigenvalue weighted by Gasteiger charge is 2.34. The molecule has 114 valence electrons. The molecule has 2 unspecified atom stereocenters.